The number of sulfone groups is 1. The number of amides is 1. The highest BCUT2D eigenvalue weighted by molar-refractivity contribution is 7.90. The zero-order valence-corrected chi connectivity index (χ0v) is 16.4. The second-order valence-electron chi connectivity index (χ2n) is 6.22. The van der Waals surface area contributed by atoms with E-state index in [1.54, 1.807) is 12.1 Å². The minimum Gasteiger partial charge on any atom is -0.467 e. The molecule has 7 heteroatoms. The number of rotatable bonds is 5. The average molecular weight is 404 g/mol. The molecule has 0 unspecified atom stereocenters. The smallest absolute Gasteiger partial charge is 0.258 e. The lowest BCUT2D eigenvalue weighted by Crippen LogP contribution is -2.30. The van der Waals surface area contributed by atoms with E-state index in [-0.39, 0.29) is 27.9 Å². The molecule has 0 N–H and O–H groups in total. The summed E-state index contributed by atoms with van der Waals surface area (Å²) in [6, 6.07) is 15.3. The number of benzene rings is 2. The van der Waals surface area contributed by atoms with Crippen LogP contribution in [-0.2, 0) is 16.4 Å². The van der Waals surface area contributed by atoms with E-state index in [0.717, 1.165) is 11.8 Å². The summed E-state index contributed by atoms with van der Waals surface area (Å²) in [7, 11) is -3.56. The molecule has 2 aromatic carbocycles. The molecular formula is C20H18ClNO4S. The standard InChI is InChI=1S/C20H18ClNO4S/c1-14-5-8-16(9-6-14)22(13-17-4-3-11-26-17)20(23)15-7-10-18(21)19(12-15)27(2,24)25/h3-12H,13H2,1-2H3. The molecule has 0 saturated heterocycles. The number of hydrogen-bond donors (Lipinski definition) is 0. The minimum atomic E-state index is -3.56. The Morgan fingerprint density at radius 1 is 1.11 bits per heavy atom. The highest BCUT2D eigenvalue weighted by Gasteiger charge is 2.22. The van der Waals surface area contributed by atoms with Crippen molar-refractivity contribution in [1.82, 2.24) is 0 Å². The second-order valence-corrected chi connectivity index (χ2v) is 8.61. The van der Waals surface area contributed by atoms with Crippen LogP contribution in [0.25, 0.3) is 0 Å². The molecule has 0 bridgehead atoms. The van der Waals surface area contributed by atoms with Crippen LogP contribution in [0.3, 0.4) is 0 Å². The Morgan fingerprint density at radius 3 is 2.41 bits per heavy atom. The highest BCUT2D eigenvalue weighted by atomic mass is 35.5. The van der Waals surface area contributed by atoms with Gasteiger partial charge < -0.3 is 9.32 Å². The van der Waals surface area contributed by atoms with Crippen LogP contribution in [0.15, 0.2) is 70.2 Å². The molecule has 140 valence electrons. The van der Waals surface area contributed by atoms with Crippen LogP contribution in [0.4, 0.5) is 5.69 Å². The van der Waals surface area contributed by atoms with E-state index in [0.29, 0.717) is 11.4 Å². The van der Waals surface area contributed by atoms with Crippen molar-refractivity contribution in [3.8, 4) is 0 Å². The van der Waals surface area contributed by atoms with Crippen molar-refractivity contribution in [2.45, 2.75) is 18.4 Å². The lowest BCUT2D eigenvalue weighted by atomic mass is 10.1. The number of nitrogens with zero attached hydrogens (tertiary/aromatic N) is 1. The van der Waals surface area contributed by atoms with Gasteiger partial charge in [-0.05, 0) is 49.4 Å². The number of anilines is 1. The molecule has 0 atom stereocenters. The van der Waals surface area contributed by atoms with Crippen LogP contribution in [0, 0.1) is 6.92 Å². The molecule has 3 rings (SSSR count). The predicted molar refractivity (Wildman–Crippen MR) is 105 cm³/mol. The summed E-state index contributed by atoms with van der Waals surface area (Å²) in [5.41, 5.74) is 1.97. The lowest BCUT2D eigenvalue weighted by molar-refractivity contribution is 0.0983. The number of furan rings is 1. The van der Waals surface area contributed by atoms with Gasteiger partial charge in [-0.1, -0.05) is 29.3 Å². The van der Waals surface area contributed by atoms with Gasteiger partial charge in [-0.15, -0.1) is 0 Å². The molecular weight excluding hydrogens is 386 g/mol. The fourth-order valence-electron chi connectivity index (χ4n) is 2.64. The first kappa shape index (κ1) is 19.2. The highest BCUT2D eigenvalue weighted by Crippen LogP contribution is 2.26. The summed E-state index contributed by atoms with van der Waals surface area (Å²) in [6.07, 6.45) is 2.60. The summed E-state index contributed by atoms with van der Waals surface area (Å²) in [5, 5.41) is 0.0852. The lowest BCUT2D eigenvalue weighted by Gasteiger charge is -2.22. The van der Waals surface area contributed by atoms with E-state index in [1.165, 1.54) is 29.4 Å². The Morgan fingerprint density at radius 2 is 1.81 bits per heavy atom. The molecule has 0 fully saturated rings. The monoisotopic (exact) mass is 403 g/mol. The van der Waals surface area contributed by atoms with Crippen LogP contribution >= 0.6 is 11.6 Å². The Labute approximate surface area is 163 Å². The molecule has 0 spiro atoms. The number of halogens is 1. The maximum Gasteiger partial charge on any atom is 0.258 e. The van der Waals surface area contributed by atoms with Gasteiger partial charge in [0, 0.05) is 17.5 Å². The molecule has 1 aromatic heterocycles. The Balaban J connectivity index is 2.04. The fraction of sp³-hybridized carbons (Fsp3) is 0.150. The summed E-state index contributed by atoms with van der Waals surface area (Å²) >= 11 is 6.00. The fourth-order valence-corrected chi connectivity index (χ4v) is 3.94. The summed E-state index contributed by atoms with van der Waals surface area (Å²) in [4.78, 5) is 14.7. The number of carbonyl (C=O) groups excluding carboxylic acids is 1. The van der Waals surface area contributed by atoms with Gasteiger partial charge in [0.25, 0.3) is 5.91 Å². The van der Waals surface area contributed by atoms with E-state index >= 15 is 0 Å². The van der Waals surface area contributed by atoms with E-state index in [1.807, 2.05) is 31.2 Å². The average Bonchev–Trinajstić information content (AvgIpc) is 3.13. The second kappa shape index (κ2) is 7.58. The molecule has 0 aliphatic rings. The Bertz CT molecular complexity index is 1060. The molecule has 0 aliphatic carbocycles. The van der Waals surface area contributed by atoms with Crippen LogP contribution in [0.1, 0.15) is 21.7 Å². The third kappa shape index (κ3) is 4.40. The summed E-state index contributed by atoms with van der Waals surface area (Å²) in [6.45, 7) is 2.17. The van der Waals surface area contributed by atoms with Crippen LogP contribution in [-0.4, -0.2) is 20.6 Å². The van der Waals surface area contributed by atoms with Gasteiger partial charge in [0.05, 0.1) is 22.7 Å². The van der Waals surface area contributed by atoms with Crippen molar-refractivity contribution in [1.29, 1.82) is 0 Å². The largest absolute Gasteiger partial charge is 0.467 e. The predicted octanol–water partition coefficient (Wildman–Crippen LogP) is 4.49. The first-order valence-electron chi connectivity index (χ1n) is 8.16. The third-order valence-electron chi connectivity index (χ3n) is 4.06. The molecule has 27 heavy (non-hydrogen) atoms. The Kier molecular flexibility index (Phi) is 5.39. The van der Waals surface area contributed by atoms with E-state index in [9.17, 15) is 13.2 Å². The quantitative estimate of drug-likeness (QED) is 0.629. The molecule has 1 heterocycles. The van der Waals surface area contributed by atoms with Gasteiger partial charge in [0.1, 0.15) is 5.76 Å². The van der Waals surface area contributed by atoms with Crippen LogP contribution in [0.5, 0.6) is 0 Å². The summed E-state index contributed by atoms with van der Waals surface area (Å²) < 4.78 is 29.3. The zero-order chi connectivity index (χ0) is 19.6. The molecule has 0 radical (unpaired) electrons. The minimum absolute atomic E-state index is 0.0723. The number of carbonyl (C=O) groups is 1. The van der Waals surface area contributed by atoms with E-state index < -0.39 is 9.84 Å². The van der Waals surface area contributed by atoms with E-state index in [2.05, 4.69) is 0 Å². The molecule has 0 saturated carbocycles. The first-order chi connectivity index (χ1) is 12.8. The maximum atomic E-state index is 13.2. The van der Waals surface area contributed by atoms with Gasteiger partial charge >= 0.3 is 0 Å². The molecule has 5 nitrogen and oxygen atoms in total. The van der Waals surface area contributed by atoms with Gasteiger partial charge in [0.2, 0.25) is 0 Å². The molecule has 3 aromatic rings. The zero-order valence-electron chi connectivity index (χ0n) is 14.8. The van der Waals surface area contributed by atoms with E-state index in [4.69, 9.17) is 16.0 Å². The third-order valence-corrected chi connectivity index (χ3v) is 5.64. The van der Waals surface area contributed by atoms with Crippen LogP contribution < -0.4 is 4.90 Å². The van der Waals surface area contributed by atoms with Crippen molar-refractivity contribution >= 4 is 33.0 Å². The molecule has 0 aliphatic heterocycles. The number of hydrogen-bond acceptors (Lipinski definition) is 4. The summed E-state index contributed by atoms with van der Waals surface area (Å²) in [5.74, 6) is 0.262. The van der Waals surface area contributed by atoms with Gasteiger partial charge in [-0.25, -0.2) is 8.42 Å². The van der Waals surface area contributed by atoms with Gasteiger partial charge in [-0.3, -0.25) is 4.79 Å². The van der Waals surface area contributed by atoms with Crippen LogP contribution in [0.2, 0.25) is 5.02 Å². The topological polar surface area (TPSA) is 67.6 Å². The number of aryl methyl sites for hydroxylation is 1. The SMILES string of the molecule is Cc1ccc(N(Cc2ccco2)C(=O)c2ccc(Cl)c(S(C)(=O)=O)c2)cc1. The van der Waals surface area contributed by atoms with Crippen molar-refractivity contribution < 1.29 is 17.6 Å². The van der Waals surface area contributed by atoms with Gasteiger partial charge in [0.15, 0.2) is 9.84 Å². The van der Waals surface area contributed by atoms with Gasteiger partial charge in [-0.2, -0.15) is 0 Å². The van der Waals surface area contributed by atoms with Crippen molar-refractivity contribution in [2.24, 2.45) is 0 Å². The van der Waals surface area contributed by atoms with Crippen molar-refractivity contribution in [3.05, 3.63) is 82.8 Å². The first-order valence-corrected chi connectivity index (χ1v) is 10.4. The van der Waals surface area contributed by atoms with Crippen molar-refractivity contribution in [2.75, 3.05) is 11.2 Å². The maximum absolute atomic E-state index is 13.2. The Hall–Kier alpha value is -2.57. The normalized spacial score (nSPS) is 11.4. The van der Waals surface area contributed by atoms with Crippen molar-refractivity contribution in [3.63, 3.8) is 0 Å². The molecule has 1 amide bonds.